The second-order valence-corrected chi connectivity index (χ2v) is 7.81. The van der Waals surface area contributed by atoms with Gasteiger partial charge >= 0.3 is 0 Å². The maximum absolute atomic E-state index is 12.2. The van der Waals surface area contributed by atoms with Crippen molar-refractivity contribution in [2.45, 2.75) is 40.0 Å². The van der Waals surface area contributed by atoms with E-state index in [9.17, 15) is 18.0 Å². The Morgan fingerprint density at radius 1 is 1.44 bits per heavy atom. The summed E-state index contributed by atoms with van der Waals surface area (Å²) < 4.78 is 25.8. The fourth-order valence-corrected chi connectivity index (χ4v) is 5.52. The fraction of sp³-hybridized carbons (Fsp3) is 0.833. The molecule has 2 saturated carbocycles. The van der Waals surface area contributed by atoms with E-state index in [1.54, 1.807) is 0 Å². The maximum Gasteiger partial charge on any atom is 0.235 e. The van der Waals surface area contributed by atoms with Crippen molar-refractivity contribution in [2.75, 3.05) is 5.75 Å². The van der Waals surface area contributed by atoms with Crippen LogP contribution in [0.1, 0.15) is 40.0 Å². The summed E-state index contributed by atoms with van der Waals surface area (Å²) >= 11 is 0. The second-order valence-electron chi connectivity index (χ2n) is 6.08. The summed E-state index contributed by atoms with van der Waals surface area (Å²) in [5.41, 5.74) is -1.10. The zero-order valence-electron chi connectivity index (χ0n) is 10.9. The van der Waals surface area contributed by atoms with E-state index >= 15 is 0 Å². The first kappa shape index (κ1) is 13.5. The van der Waals surface area contributed by atoms with Crippen molar-refractivity contribution in [3.63, 3.8) is 0 Å². The standard InChI is InChI=1S/C12H19NO4S/c1-8(14)13-18(16,17)7-12-5-4-9(6-10(12)15)11(12,2)3/h9H,4-7H2,1-3H3,(H,13,14). The number of fused-ring (bicyclic) bond motifs is 2. The lowest BCUT2D eigenvalue weighted by molar-refractivity contribution is -0.128. The molecule has 0 aromatic carbocycles. The lowest BCUT2D eigenvalue weighted by Crippen LogP contribution is -2.46. The van der Waals surface area contributed by atoms with E-state index in [4.69, 9.17) is 0 Å². The Morgan fingerprint density at radius 2 is 2.06 bits per heavy atom. The van der Waals surface area contributed by atoms with Crippen molar-refractivity contribution in [2.24, 2.45) is 16.7 Å². The van der Waals surface area contributed by atoms with Crippen LogP contribution in [0.3, 0.4) is 0 Å². The number of carbonyl (C=O) groups is 2. The number of nitrogens with one attached hydrogen (secondary N) is 1. The lowest BCUT2D eigenvalue weighted by Gasteiger charge is -2.35. The molecule has 0 radical (unpaired) electrons. The topological polar surface area (TPSA) is 80.3 Å². The minimum Gasteiger partial charge on any atom is -0.299 e. The summed E-state index contributed by atoms with van der Waals surface area (Å²) in [4.78, 5) is 23.1. The fourth-order valence-electron chi connectivity index (χ4n) is 3.69. The van der Waals surface area contributed by atoms with Crippen LogP contribution in [-0.4, -0.2) is 25.9 Å². The molecule has 2 aliphatic rings. The average Bonchev–Trinajstić information content (AvgIpc) is 2.48. The van der Waals surface area contributed by atoms with Crippen LogP contribution in [0.25, 0.3) is 0 Å². The van der Waals surface area contributed by atoms with Gasteiger partial charge in [-0.05, 0) is 24.2 Å². The summed E-state index contributed by atoms with van der Waals surface area (Å²) in [6.45, 7) is 5.10. The predicted octanol–water partition coefficient (Wildman–Crippen LogP) is 0.848. The maximum atomic E-state index is 12.2. The number of carbonyl (C=O) groups excluding carboxylic acids is 2. The smallest absolute Gasteiger partial charge is 0.235 e. The Hall–Kier alpha value is -0.910. The zero-order chi connectivity index (χ0) is 13.8. The molecule has 2 aliphatic carbocycles. The van der Waals surface area contributed by atoms with Crippen LogP contribution >= 0.6 is 0 Å². The quantitative estimate of drug-likeness (QED) is 0.826. The van der Waals surface area contributed by atoms with Gasteiger partial charge in [-0.15, -0.1) is 0 Å². The second kappa shape index (κ2) is 3.79. The first-order chi connectivity index (χ1) is 8.11. The molecule has 2 rings (SSSR count). The normalized spacial score (nSPS) is 33.7. The number of sulfonamides is 1. The Kier molecular flexibility index (Phi) is 2.85. The molecule has 2 fully saturated rings. The van der Waals surface area contributed by atoms with Crippen molar-refractivity contribution in [3.8, 4) is 0 Å². The molecule has 0 aromatic heterocycles. The summed E-state index contributed by atoms with van der Waals surface area (Å²) in [6, 6.07) is 0. The Balaban J connectivity index is 2.32. The molecule has 1 amide bonds. The highest BCUT2D eigenvalue weighted by Gasteiger charge is 2.65. The largest absolute Gasteiger partial charge is 0.299 e. The molecule has 0 aromatic rings. The Bertz CT molecular complexity index is 508. The van der Waals surface area contributed by atoms with Crippen molar-refractivity contribution in [1.29, 1.82) is 0 Å². The van der Waals surface area contributed by atoms with Gasteiger partial charge in [0.15, 0.2) is 0 Å². The zero-order valence-corrected chi connectivity index (χ0v) is 11.8. The van der Waals surface area contributed by atoms with Gasteiger partial charge < -0.3 is 0 Å². The first-order valence-corrected chi connectivity index (χ1v) is 7.80. The van der Waals surface area contributed by atoms with E-state index in [1.807, 2.05) is 18.6 Å². The minimum atomic E-state index is -3.73. The molecular formula is C12H19NO4S. The van der Waals surface area contributed by atoms with Crippen LogP contribution in [0.5, 0.6) is 0 Å². The van der Waals surface area contributed by atoms with Crippen LogP contribution in [0.15, 0.2) is 0 Å². The van der Waals surface area contributed by atoms with Crippen molar-refractivity contribution < 1.29 is 18.0 Å². The molecule has 0 aliphatic heterocycles. The molecule has 6 heteroatoms. The molecular weight excluding hydrogens is 254 g/mol. The number of ketones is 1. The predicted molar refractivity (Wildman–Crippen MR) is 66.2 cm³/mol. The van der Waals surface area contributed by atoms with E-state index in [1.165, 1.54) is 0 Å². The van der Waals surface area contributed by atoms with Gasteiger partial charge in [0.1, 0.15) is 5.78 Å². The van der Waals surface area contributed by atoms with Crippen molar-refractivity contribution >= 4 is 21.7 Å². The lowest BCUT2D eigenvalue weighted by atomic mass is 9.70. The SMILES string of the molecule is CC(=O)NS(=O)(=O)CC12CCC(CC1=O)C2(C)C. The molecule has 18 heavy (non-hydrogen) atoms. The molecule has 102 valence electrons. The van der Waals surface area contributed by atoms with Gasteiger partial charge in [-0.2, -0.15) is 0 Å². The first-order valence-electron chi connectivity index (χ1n) is 6.15. The molecule has 2 unspecified atom stereocenters. The monoisotopic (exact) mass is 273 g/mol. The third kappa shape index (κ3) is 1.77. The number of hydrogen-bond donors (Lipinski definition) is 1. The summed E-state index contributed by atoms with van der Waals surface area (Å²) in [5, 5.41) is 0. The average molecular weight is 273 g/mol. The number of amides is 1. The third-order valence-corrected chi connectivity index (χ3v) is 6.35. The van der Waals surface area contributed by atoms with Gasteiger partial charge in [0, 0.05) is 13.3 Å². The van der Waals surface area contributed by atoms with Crippen LogP contribution < -0.4 is 4.72 Å². The molecule has 0 saturated heterocycles. The molecule has 1 N–H and O–H groups in total. The molecule has 0 spiro atoms. The van der Waals surface area contributed by atoms with Crippen molar-refractivity contribution in [1.82, 2.24) is 4.72 Å². The van der Waals surface area contributed by atoms with E-state index in [0.717, 1.165) is 13.3 Å². The molecule has 2 atom stereocenters. The number of Topliss-reactive ketones (excluding diaryl/α,β-unsaturated/α-hetero) is 1. The highest BCUT2D eigenvalue weighted by molar-refractivity contribution is 7.90. The summed E-state index contributed by atoms with van der Waals surface area (Å²) in [7, 11) is -3.73. The van der Waals surface area contributed by atoms with Gasteiger partial charge in [0.2, 0.25) is 15.9 Å². The summed E-state index contributed by atoms with van der Waals surface area (Å²) in [6.07, 6.45) is 1.99. The van der Waals surface area contributed by atoms with Crippen LogP contribution in [0.2, 0.25) is 0 Å². The van der Waals surface area contributed by atoms with Gasteiger partial charge in [-0.3, -0.25) is 14.3 Å². The summed E-state index contributed by atoms with van der Waals surface area (Å²) in [5.74, 6) is -0.554. The van der Waals surface area contributed by atoms with Crippen LogP contribution in [-0.2, 0) is 19.6 Å². The molecule has 2 bridgehead atoms. The highest BCUT2D eigenvalue weighted by atomic mass is 32.2. The van der Waals surface area contributed by atoms with Gasteiger partial charge in [0.25, 0.3) is 0 Å². The third-order valence-electron chi connectivity index (χ3n) is 4.87. The van der Waals surface area contributed by atoms with E-state index in [0.29, 0.717) is 12.8 Å². The molecule has 0 heterocycles. The highest BCUT2D eigenvalue weighted by Crippen LogP contribution is 2.64. The minimum absolute atomic E-state index is 0.0395. The van der Waals surface area contributed by atoms with Crippen molar-refractivity contribution in [3.05, 3.63) is 0 Å². The number of hydrogen-bond acceptors (Lipinski definition) is 4. The van der Waals surface area contributed by atoms with Crippen LogP contribution in [0, 0.1) is 16.7 Å². The van der Waals surface area contributed by atoms with Gasteiger partial charge in [-0.1, -0.05) is 13.8 Å². The molecule has 5 nitrogen and oxygen atoms in total. The van der Waals surface area contributed by atoms with E-state index in [-0.39, 0.29) is 22.9 Å². The van der Waals surface area contributed by atoms with E-state index in [2.05, 4.69) is 0 Å². The van der Waals surface area contributed by atoms with Crippen LogP contribution in [0.4, 0.5) is 0 Å². The Morgan fingerprint density at radius 3 is 2.44 bits per heavy atom. The van der Waals surface area contributed by atoms with Gasteiger partial charge in [-0.25, -0.2) is 8.42 Å². The van der Waals surface area contributed by atoms with Gasteiger partial charge in [0.05, 0.1) is 11.2 Å². The Labute approximate surface area is 107 Å². The van der Waals surface area contributed by atoms with E-state index < -0.39 is 21.3 Å². The number of rotatable bonds is 3.